The van der Waals surface area contributed by atoms with E-state index < -0.39 is 9.84 Å². The number of nitrogens with one attached hydrogen (secondary N) is 1. The second kappa shape index (κ2) is 7.93. The Balaban J connectivity index is 0.000000677. The summed E-state index contributed by atoms with van der Waals surface area (Å²) >= 11 is 0. The molecule has 0 bridgehead atoms. The van der Waals surface area contributed by atoms with Gasteiger partial charge in [0.1, 0.15) is 12.8 Å². The third kappa shape index (κ3) is 5.17. The smallest absolute Gasteiger partial charge is 0.373 e. The van der Waals surface area contributed by atoms with Crippen LogP contribution in [0.2, 0.25) is 0 Å². The van der Waals surface area contributed by atoms with Gasteiger partial charge in [0.25, 0.3) is 5.88 Å². The Morgan fingerprint density at radius 1 is 1.24 bits per heavy atom. The first-order chi connectivity index (χ1) is 10.0. The molecule has 2 aromatic rings. The number of nitrogens with zero attached hydrogens (tertiary/aromatic N) is 2. The van der Waals surface area contributed by atoms with Gasteiger partial charge in [0, 0.05) is 0 Å². The number of hydrogen-bond donors (Lipinski definition) is 1. The fraction of sp³-hybridized carbons (Fsp3) is 0.250. The van der Waals surface area contributed by atoms with Crippen LogP contribution in [-0.4, -0.2) is 35.7 Å². The van der Waals surface area contributed by atoms with Crippen molar-refractivity contribution >= 4 is 16.0 Å². The minimum absolute atomic E-state index is 0.0990. The third-order valence-corrected chi connectivity index (χ3v) is 4.19. The molecule has 0 saturated carbocycles. The average Bonchev–Trinajstić information content (AvgIpc) is 3.00. The number of carbonyl (C=O) groups excluding carboxylic acids is 2. The number of H-pyrrole nitrogens is 1. The van der Waals surface area contributed by atoms with Gasteiger partial charge >= 0.3 is 6.15 Å². The molecule has 1 heterocycles. The predicted molar refractivity (Wildman–Crippen MR) is 69.9 cm³/mol. The van der Waals surface area contributed by atoms with Gasteiger partial charge in [-0.05, 0) is 17.7 Å². The van der Waals surface area contributed by atoms with Gasteiger partial charge in [-0.15, -0.1) is 5.10 Å². The normalized spacial score (nSPS) is 10.1. The van der Waals surface area contributed by atoms with E-state index in [0.717, 1.165) is 5.56 Å². The van der Waals surface area contributed by atoms with Crippen molar-refractivity contribution in [3.8, 4) is 5.88 Å². The standard InChI is InChI=1S/C11H13N3O3S.CO2/c1-2-18(15,16)10-5-3-9(4-6-10)8-17-11-7-12-14-13-11;2-1-3/h3-7H,2,8H2,1H3,(H,12,13,14);. The molecule has 8 nitrogen and oxygen atoms in total. The highest BCUT2D eigenvalue weighted by Gasteiger charge is 2.10. The highest BCUT2D eigenvalue weighted by molar-refractivity contribution is 7.91. The third-order valence-electron chi connectivity index (χ3n) is 2.44. The molecule has 0 aliphatic heterocycles. The van der Waals surface area contributed by atoms with Crippen LogP contribution in [0.5, 0.6) is 5.88 Å². The zero-order valence-electron chi connectivity index (χ0n) is 11.1. The molecule has 0 unspecified atom stereocenters. The number of aromatic amines is 1. The lowest BCUT2D eigenvalue weighted by Crippen LogP contribution is -2.04. The maximum atomic E-state index is 11.6. The molecule has 0 saturated heterocycles. The van der Waals surface area contributed by atoms with E-state index in [1.54, 1.807) is 31.2 Å². The fourth-order valence-electron chi connectivity index (χ4n) is 1.38. The van der Waals surface area contributed by atoms with E-state index in [1.807, 2.05) is 0 Å². The van der Waals surface area contributed by atoms with Crippen LogP contribution < -0.4 is 4.74 Å². The van der Waals surface area contributed by atoms with Crippen molar-refractivity contribution in [3.63, 3.8) is 0 Å². The molecule has 112 valence electrons. The summed E-state index contributed by atoms with van der Waals surface area (Å²) in [5.41, 5.74) is 0.869. The number of hydrogen-bond acceptors (Lipinski definition) is 7. The van der Waals surface area contributed by atoms with Crippen molar-refractivity contribution in [2.75, 3.05) is 5.75 Å². The first-order valence-corrected chi connectivity index (χ1v) is 7.48. The molecular weight excluding hydrogens is 298 g/mol. The Hall–Kier alpha value is -2.51. The molecule has 1 aromatic carbocycles. The Bertz CT molecular complexity index is 674. The Kier molecular flexibility index (Phi) is 6.25. The minimum atomic E-state index is -3.14. The van der Waals surface area contributed by atoms with E-state index in [1.165, 1.54) is 6.20 Å². The second-order valence-corrected chi connectivity index (χ2v) is 6.01. The number of benzene rings is 1. The van der Waals surface area contributed by atoms with Gasteiger partial charge in [0.05, 0.1) is 10.6 Å². The zero-order valence-corrected chi connectivity index (χ0v) is 12.0. The molecule has 9 heteroatoms. The van der Waals surface area contributed by atoms with Gasteiger partial charge in [-0.3, -0.25) is 0 Å². The summed E-state index contributed by atoms with van der Waals surface area (Å²) in [7, 11) is -3.14. The summed E-state index contributed by atoms with van der Waals surface area (Å²) in [4.78, 5) is 16.6. The quantitative estimate of drug-likeness (QED) is 0.858. The number of sulfone groups is 1. The molecule has 1 N–H and O–H groups in total. The second-order valence-electron chi connectivity index (χ2n) is 3.73. The topological polar surface area (TPSA) is 119 Å². The highest BCUT2D eigenvalue weighted by atomic mass is 32.2. The SMILES string of the molecule is CCS(=O)(=O)c1ccc(COc2cn[nH]n2)cc1.O=C=O. The summed E-state index contributed by atoms with van der Waals surface area (Å²) in [6.07, 6.45) is 1.72. The maximum Gasteiger partial charge on any atom is 0.373 e. The van der Waals surface area contributed by atoms with Gasteiger partial charge in [-0.2, -0.15) is 19.9 Å². The predicted octanol–water partition coefficient (Wildman–Crippen LogP) is 0.594. The van der Waals surface area contributed by atoms with Gasteiger partial charge in [0.2, 0.25) is 0 Å². The summed E-state index contributed by atoms with van der Waals surface area (Å²) in [5.74, 6) is 0.502. The van der Waals surface area contributed by atoms with Gasteiger partial charge in [-0.1, -0.05) is 19.1 Å². The summed E-state index contributed by atoms with van der Waals surface area (Å²) in [6, 6.07) is 6.62. The fourth-order valence-corrected chi connectivity index (χ4v) is 2.26. The van der Waals surface area contributed by atoms with Crippen molar-refractivity contribution in [3.05, 3.63) is 36.0 Å². The van der Waals surface area contributed by atoms with E-state index in [2.05, 4.69) is 15.4 Å². The first kappa shape index (κ1) is 16.5. The van der Waals surface area contributed by atoms with E-state index in [-0.39, 0.29) is 11.9 Å². The van der Waals surface area contributed by atoms with E-state index in [9.17, 15) is 8.42 Å². The molecule has 0 aliphatic rings. The van der Waals surface area contributed by atoms with Crippen molar-refractivity contribution in [1.82, 2.24) is 15.4 Å². The molecule has 1 aromatic heterocycles. The van der Waals surface area contributed by atoms with Crippen LogP contribution in [-0.2, 0) is 26.0 Å². The number of ether oxygens (including phenoxy) is 1. The largest absolute Gasteiger partial charge is 0.471 e. The molecule has 2 rings (SSSR count). The summed E-state index contributed by atoms with van der Waals surface area (Å²) < 4.78 is 28.5. The first-order valence-electron chi connectivity index (χ1n) is 5.83. The number of aromatic nitrogens is 3. The van der Waals surface area contributed by atoms with Crippen molar-refractivity contribution < 1.29 is 22.7 Å². The monoisotopic (exact) mass is 311 g/mol. The molecule has 0 amide bonds. The summed E-state index contributed by atoms with van der Waals surface area (Å²) in [6.45, 7) is 1.94. The average molecular weight is 311 g/mol. The van der Waals surface area contributed by atoms with Gasteiger partial charge < -0.3 is 4.74 Å². The zero-order chi connectivity index (χ0) is 15.7. The van der Waals surface area contributed by atoms with Crippen LogP contribution >= 0.6 is 0 Å². The number of rotatable bonds is 5. The minimum Gasteiger partial charge on any atom is -0.471 e. The lowest BCUT2D eigenvalue weighted by molar-refractivity contribution is -0.191. The van der Waals surface area contributed by atoms with E-state index in [0.29, 0.717) is 17.4 Å². The Morgan fingerprint density at radius 2 is 1.86 bits per heavy atom. The Morgan fingerprint density at radius 3 is 2.33 bits per heavy atom. The molecular formula is C12H13N3O5S. The lowest BCUT2D eigenvalue weighted by Gasteiger charge is -2.04. The highest BCUT2D eigenvalue weighted by Crippen LogP contribution is 2.13. The van der Waals surface area contributed by atoms with Crippen LogP contribution in [0.1, 0.15) is 12.5 Å². The van der Waals surface area contributed by atoms with Crippen LogP contribution in [0.3, 0.4) is 0 Å². The van der Waals surface area contributed by atoms with Gasteiger partial charge in [0.15, 0.2) is 9.84 Å². The molecule has 0 fully saturated rings. The van der Waals surface area contributed by atoms with E-state index >= 15 is 0 Å². The molecule has 21 heavy (non-hydrogen) atoms. The molecule has 0 atom stereocenters. The summed E-state index contributed by atoms with van der Waals surface area (Å²) in [5, 5.41) is 9.80. The molecule has 0 radical (unpaired) electrons. The Labute approximate surface area is 121 Å². The molecule has 0 spiro atoms. The van der Waals surface area contributed by atoms with Crippen molar-refractivity contribution in [1.29, 1.82) is 0 Å². The molecule has 0 aliphatic carbocycles. The van der Waals surface area contributed by atoms with Crippen molar-refractivity contribution in [2.45, 2.75) is 18.4 Å². The van der Waals surface area contributed by atoms with Crippen LogP contribution in [0.25, 0.3) is 0 Å². The van der Waals surface area contributed by atoms with Gasteiger partial charge in [-0.25, -0.2) is 8.42 Å². The lowest BCUT2D eigenvalue weighted by atomic mass is 10.2. The van der Waals surface area contributed by atoms with Crippen LogP contribution in [0.15, 0.2) is 35.4 Å². The van der Waals surface area contributed by atoms with E-state index in [4.69, 9.17) is 14.3 Å². The van der Waals surface area contributed by atoms with Crippen molar-refractivity contribution in [2.24, 2.45) is 0 Å². The van der Waals surface area contributed by atoms with Crippen LogP contribution in [0, 0.1) is 0 Å². The maximum absolute atomic E-state index is 11.6. The van der Waals surface area contributed by atoms with Crippen LogP contribution in [0.4, 0.5) is 0 Å².